The van der Waals surface area contributed by atoms with Gasteiger partial charge in [-0.1, -0.05) is 6.07 Å². The van der Waals surface area contributed by atoms with Crippen LogP contribution in [0.4, 0.5) is 24.7 Å². The molecule has 0 fully saturated rings. The molecule has 1 N–H and O–H groups in total. The SMILES string of the molecule is [2H]C([2H])([2H])N1c2nc(CCc3cnn(Cc4ccc(C(F)(F)F)nc4)c3)nc(C)c2NC(=O)[C@@H]1C. The van der Waals surface area contributed by atoms with Gasteiger partial charge in [0.15, 0.2) is 5.82 Å². The van der Waals surface area contributed by atoms with Gasteiger partial charge in [-0.25, -0.2) is 9.97 Å². The average Bonchev–Trinajstić information content (AvgIpc) is 3.20. The maximum atomic E-state index is 12.7. The van der Waals surface area contributed by atoms with E-state index in [-0.39, 0.29) is 18.1 Å². The van der Waals surface area contributed by atoms with Crippen LogP contribution in [0.25, 0.3) is 0 Å². The highest BCUT2D eigenvalue weighted by Gasteiger charge is 2.32. The van der Waals surface area contributed by atoms with Gasteiger partial charge in [0.25, 0.3) is 0 Å². The van der Waals surface area contributed by atoms with Gasteiger partial charge in [0.2, 0.25) is 5.91 Å². The second-order valence-electron chi connectivity index (χ2n) is 7.55. The number of nitrogens with one attached hydrogen (secondary N) is 1. The number of carbonyl (C=O) groups excluding carboxylic acids is 1. The van der Waals surface area contributed by atoms with Crippen molar-refractivity contribution in [2.45, 2.75) is 45.5 Å². The molecule has 0 spiro atoms. The fourth-order valence-electron chi connectivity index (χ4n) is 3.33. The van der Waals surface area contributed by atoms with Crippen molar-refractivity contribution >= 4 is 17.4 Å². The molecule has 0 aliphatic carbocycles. The second-order valence-corrected chi connectivity index (χ2v) is 7.55. The van der Waals surface area contributed by atoms with Crippen LogP contribution in [0.3, 0.4) is 0 Å². The Bertz CT molecular complexity index is 1240. The van der Waals surface area contributed by atoms with Crippen LogP contribution in [-0.4, -0.2) is 43.7 Å². The summed E-state index contributed by atoms with van der Waals surface area (Å²) in [5.74, 6) is 0.132. The molecule has 11 heteroatoms. The Hall–Kier alpha value is -3.50. The molecular formula is C21H22F3N7O. The molecule has 3 aromatic heterocycles. The fourth-order valence-corrected chi connectivity index (χ4v) is 3.33. The number of aromatic nitrogens is 5. The fraction of sp³-hybridized carbons (Fsp3) is 0.381. The van der Waals surface area contributed by atoms with E-state index in [0.717, 1.165) is 16.5 Å². The Kier molecular flexibility index (Phi) is 4.65. The van der Waals surface area contributed by atoms with E-state index in [2.05, 4.69) is 25.4 Å². The zero-order valence-corrected chi connectivity index (χ0v) is 17.3. The number of amides is 1. The molecule has 1 atom stereocenters. The van der Waals surface area contributed by atoms with Crippen LogP contribution in [0.5, 0.6) is 0 Å². The zero-order chi connectivity index (χ0) is 25.5. The molecule has 1 aliphatic rings. The van der Waals surface area contributed by atoms with Gasteiger partial charge in [-0.15, -0.1) is 0 Å². The second kappa shape index (κ2) is 8.21. The number of hydrogen-bond donors (Lipinski definition) is 1. The minimum absolute atomic E-state index is 0.157. The summed E-state index contributed by atoms with van der Waals surface area (Å²) in [4.78, 5) is 25.6. The van der Waals surface area contributed by atoms with Gasteiger partial charge in [0.05, 0.1) is 18.4 Å². The van der Waals surface area contributed by atoms with Gasteiger partial charge < -0.3 is 10.2 Å². The summed E-state index contributed by atoms with van der Waals surface area (Å²) in [5.41, 5.74) is 1.21. The zero-order valence-electron chi connectivity index (χ0n) is 20.3. The summed E-state index contributed by atoms with van der Waals surface area (Å²) < 4.78 is 63.1. The molecular weight excluding hydrogens is 423 g/mol. The van der Waals surface area contributed by atoms with Crippen molar-refractivity contribution < 1.29 is 22.1 Å². The summed E-state index contributed by atoms with van der Waals surface area (Å²) in [7, 11) is 0. The number of fused-ring (bicyclic) bond motifs is 1. The third-order valence-electron chi connectivity index (χ3n) is 5.14. The first-order valence-electron chi connectivity index (χ1n) is 11.3. The number of hydrogen-bond acceptors (Lipinski definition) is 6. The van der Waals surface area contributed by atoms with Crippen molar-refractivity contribution in [3.8, 4) is 0 Å². The number of anilines is 2. The Morgan fingerprint density at radius 3 is 2.69 bits per heavy atom. The Labute approximate surface area is 186 Å². The highest BCUT2D eigenvalue weighted by Crippen LogP contribution is 2.31. The Balaban J connectivity index is 1.47. The van der Waals surface area contributed by atoms with Crippen molar-refractivity contribution in [1.82, 2.24) is 24.7 Å². The smallest absolute Gasteiger partial charge is 0.346 e. The van der Waals surface area contributed by atoms with Crippen LogP contribution in [0.15, 0.2) is 30.7 Å². The number of likely N-dealkylation sites (N-methyl/N-ethyl adjacent to an activating group) is 1. The van der Waals surface area contributed by atoms with E-state index in [1.807, 2.05) is 0 Å². The lowest BCUT2D eigenvalue weighted by Gasteiger charge is -2.32. The molecule has 8 nitrogen and oxygen atoms in total. The lowest BCUT2D eigenvalue weighted by Crippen LogP contribution is -2.45. The number of halogens is 3. The predicted octanol–water partition coefficient (Wildman–Crippen LogP) is 3.01. The number of pyridine rings is 1. The highest BCUT2D eigenvalue weighted by molar-refractivity contribution is 6.02. The van der Waals surface area contributed by atoms with Crippen molar-refractivity contribution in [3.63, 3.8) is 0 Å². The van der Waals surface area contributed by atoms with Crippen LogP contribution < -0.4 is 10.2 Å². The quantitative estimate of drug-likeness (QED) is 0.646. The number of aryl methyl sites for hydroxylation is 3. The normalized spacial score (nSPS) is 17.9. The van der Waals surface area contributed by atoms with Crippen molar-refractivity contribution in [1.29, 1.82) is 0 Å². The monoisotopic (exact) mass is 448 g/mol. The van der Waals surface area contributed by atoms with Crippen LogP contribution >= 0.6 is 0 Å². The topological polar surface area (TPSA) is 88.8 Å². The van der Waals surface area contributed by atoms with Crippen molar-refractivity contribution in [2.75, 3.05) is 17.2 Å². The van der Waals surface area contributed by atoms with E-state index in [9.17, 15) is 18.0 Å². The van der Waals surface area contributed by atoms with Gasteiger partial charge in [-0.05, 0) is 37.5 Å². The number of nitrogens with zero attached hydrogens (tertiary/aromatic N) is 6. The minimum Gasteiger partial charge on any atom is -0.346 e. The summed E-state index contributed by atoms with van der Waals surface area (Å²) >= 11 is 0. The summed E-state index contributed by atoms with van der Waals surface area (Å²) in [5, 5.41) is 6.92. The van der Waals surface area contributed by atoms with Gasteiger partial charge in [-0.2, -0.15) is 18.3 Å². The highest BCUT2D eigenvalue weighted by atomic mass is 19.4. The predicted molar refractivity (Wildman–Crippen MR) is 111 cm³/mol. The molecule has 4 heterocycles. The van der Waals surface area contributed by atoms with E-state index in [1.54, 1.807) is 24.0 Å². The lowest BCUT2D eigenvalue weighted by molar-refractivity contribution is -0.141. The summed E-state index contributed by atoms with van der Waals surface area (Å²) in [6.45, 7) is 0.874. The van der Waals surface area contributed by atoms with Crippen LogP contribution in [0.1, 0.15) is 39.4 Å². The molecule has 0 unspecified atom stereocenters. The molecule has 0 saturated heterocycles. The maximum Gasteiger partial charge on any atom is 0.433 e. The number of carbonyl (C=O) groups is 1. The van der Waals surface area contributed by atoms with Gasteiger partial charge in [0, 0.05) is 29.9 Å². The van der Waals surface area contributed by atoms with Gasteiger partial charge in [-0.3, -0.25) is 14.5 Å². The van der Waals surface area contributed by atoms with E-state index in [0.29, 0.717) is 29.9 Å². The molecule has 4 rings (SSSR count). The van der Waals surface area contributed by atoms with Gasteiger partial charge >= 0.3 is 6.18 Å². The van der Waals surface area contributed by atoms with E-state index < -0.39 is 30.8 Å². The maximum absolute atomic E-state index is 12.7. The standard InChI is InChI=1S/C21H22F3N7O/c1-12-18-19(30(3)13(2)20(32)29-18)28-17(27-12)7-5-15-9-26-31(11-15)10-14-4-6-16(25-8-14)21(22,23)24/h4,6,8-9,11,13H,5,7,10H2,1-3H3,(H,29,32)/t13-/m0/s1/i3D3. The molecule has 0 aromatic carbocycles. The van der Waals surface area contributed by atoms with Crippen LogP contribution in [-0.2, 0) is 30.4 Å². The van der Waals surface area contributed by atoms with Crippen LogP contribution in [0, 0.1) is 6.92 Å². The van der Waals surface area contributed by atoms with Crippen LogP contribution in [0.2, 0.25) is 0 Å². The first-order valence-corrected chi connectivity index (χ1v) is 9.84. The molecule has 0 bridgehead atoms. The van der Waals surface area contributed by atoms with E-state index >= 15 is 0 Å². The summed E-state index contributed by atoms with van der Waals surface area (Å²) in [6.07, 6.45) is 0.973. The Morgan fingerprint density at radius 1 is 1.19 bits per heavy atom. The van der Waals surface area contributed by atoms with E-state index in [1.165, 1.54) is 19.2 Å². The Morgan fingerprint density at radius 2 is 2.00 bits per heavy atom. The lowest BCUT2D eigenvalue weighted by atomic mass is 10.1. The minimum atomic E-state index is -4.49. The third-order valence-corrected chi connectivity index (χ3v) is 5.14. The van der Waals surface area contributed by atoms with E-state index in [4.69, 9.17) is 4.11 Å². The van der Waals surface area contributed by atoms with Crippen molar-refractivity contribution in [3.05, 3.63) is 59.1 Å². The molecule has 0 radical (unpaired) electrons. The molecule has 0 saturated carbocycles. The third kappa shape index (κ3) is 4.41. The molecule has 32 heavy (non-hydrogen) atoms. The molecule has 168 valence electrons. The molecule has 1 amide bonds. The first-order chi connectivity index (χ1) is 16.3. The average molecular weight is 448 g/mol. The summed E-state index contributed by atoms with van der Waals surface area (Å²) in [6, 6.07) is 1.37. The molecule has 1 aliphatic heterocycles. The molecule has 3 aromatic rings. The largest absolute Gasteiger partial charge is 0.433 e. The van der Waals surface area contributed by atoms with Gasteiger partial charge in [0.1, 0.15) is 23.2 Å². The number of alkyl halides is 3. The first kappa shape index (κ1) is 18.1. The van der Waals surface area contributed by atoms with Crippen molar-refractivity contribution in [2.24, 2.45) is 0 Å². The number of rotatable bonds is 5.